The summed E-state index contributed by atoms with van der Waals surface area (Å²) in [5.74, 6) is 0. The van der Waals surface area contributed by atoms with Gasteiger partial charge in [0.2, 0.25) is 0 Å². The largest absolute Gasteiger partial charge is 0.412 e. The van der Waals surface area contributed by atoms with Crippen molar-refractivity contribution in [3.05, 3.63) is 0 Å². The molecule has 54 valence electrons. The first kappa shape index (κ1) is 15.7. The summed E-state index contributed by atoms with van der Waals surface area (Å²) in [6.45, 7) is 0. The van der Waals surface area contributed by atoms with Gasteiger partial charge < -0.3 is 20.8 Å². The molecule has 0 unspecified atom stereocenters. The molecular weight excluding hydrogens is 137 g/mol. The van der Waals surface area contributed by atoms with Crippen molar-refractivity contribution >= 4 is 12.4 Å². The highest BCUT2D eigenvalue weighted by molar-refractivity contribution is 5.85. The molecule has 0 rings (SSSR count). The molecule has 0 aromatic carbocycles. The molecule has 0 radical (unpaired) electrons. The van der Waals surface area contributed by atoms with Crippen LogP contribution in [-0.2, 0) is 0 Å². The van der Waals surface area contributed by atoms with Crippen LogP contribution in [-0.4, -0.2) is 33.9 Å². The van der Waals surface area contributed by atoms with Crippen molar-refractivity contribution in [2.45, 2.75) is 6.10 Å². The lowest BCUT2D eigenvalue weighted by Crippen LogP contribution is -2.41. The highest BCUT2D eigenvalue weighted by Crippen LogP contribution is 1.77. The Bertz CT molecular complexity index is 43.8. The Hall–Kier alpha value is 0.0900. The van der Waals surface area contributed by atoms with Crippen LogP contribution < -0.4 is 5.32 Å². The molecule has 0 aliphatic carbocycles. The minimum atomic E-state index is -2.71. The molecule has 0 heterocycles. The molecule has 0 saturated carbocycles. The summed E-state index contributed by atoms with van der Waals surface area (Å²) < 4.78 is 0. The SMILES string of the molecule is CNC(O)(O)O.Cl.O. The third-order valence-corrected chi connectivity index (χ3v) is 0.335. The second-order valence-corrected chi connectivity index (χ2v) is 0.885. The van der Waals surface area contributed by atoms with E-state index >= 15 is 0 Å². The van der Waals surface area contributed by atoms with E-state index in [1.54, 1.807) is 5.32 Å². The Morgan fingerprint density at radius 1 is 1.25 bits per heavy atom. The monoisotopic (exact) mass is 147 g/mol. The molecule has 0 aliphatic rings. The summed E-state index contributed by atoms with van der Waals surface area (Å²) >= 11 is 0. The summed E-state index contributed by atoms with van der Waals surface area (Å²) in [5.41, 5.74) is 0. The van der Waals surface area contributed by atoms with Crippen molar-refractivity contribution in [3.8, 4) is 0 Å². The third-order valence-electron chi connectivity index (χ3n) is 0.335. The quantitative estimate of drug-likeness (QED) is 0.305. The molecule has 0 aromatic heterocycles. The maximum absolute atomic E-state index is 7.83. The van der Waals surface area contributed by atoms with Crippen LogP contribution >= 0.6 is 12.4 Å². The molecule has 0 bridgehead atoms. The van der Waals surface area contributed by atoms with Crippen LogP contribution in [0.3, 0.4) is 0 Å². The van der Waals surface area contributed by atoms with E-state index in [-0.39, 0.29) is 17.9 Å². The molecule has 6 N–H and O–H groups in total. The van der Waals surface area contributed by atoms with Crippen LogP contribution in [0.4, 0.5) is 0 Å². The van der Waals surface area contributed by atoms with Crippen molar-refractivity contribution in [1.82, 2.24) is 5.32 Å². The van der Waals surface area contributed by atoms with Gasteiger partial charge in [0.25, 0.3) is 0 Å². The lowest BCUT2D eigenvalue weighted by atomic mass is 10.9. The molecule has 0 amide bonds. The Morgan fingerprint density at radius 3 is 1.38 bits per heavy atom. The molecule has 0 saturated heterocycles. The fourth-order valence-electron chi connectivity index (χ4n) is 0. The average molecular weight is 148 g/mol. The Balaban J connectivity index is -0.000000125. The molecule has 0 atom stereocenters. The van der Waals surface area contributed by atoms with Gasteiger partial charge in [-0.3, -0.25) is 0 Å². The van der Waals surface area contributed by atoms with E-state index in [1.807, 2.05) is 0 Å². The van der Waals surface area contributed by atoms with Crippen LogP contribution in [0, 0.1) is 0 Å². The van der Waals surface area contributed by atoms with Crippen LogP contribution in [0.15, 0.2) is 0 Å². The highest BCUT2D eigenvalue weighted by Gasteiger charge is 2.11. The minimum Gasteiger partial charge on any atom is -0.412 e. The first-order valence-corrected chi connectivity index (χ1v) is 1.42. The predicted molar refractivity (Wildman–Crippen MR) is 29.3 cm³/mol. The molecule has 0 spiro atoms. The molecule has 0 fully saturated rings. The van der Waals surface area contributed by atoms with Crippen molar-refractivity contribution in [2.24, 2.45) is 0 Å². The lowest BCUT2D eigenvalue weighted by molar-refractivity contribution is -0.328. The van der Waals surface area contributed by atoms with E-state index in [2.05, 4.69) is 0 Å². The zero-order valence-corrected chi connectivity index (χ0v) is 5.07. The first-order chi connectivity index (χ1) is 2.56. The van der Waals surface area contributed by atoms with E-state index in [0.29, 0.717) is 0 Å². The Kier molecular flexibility index (Phi) is 10.3. The summed E-state index contributed by atoms with van der Waals surface area (Å²) in [6.07, 6.45) is -2.71. The van der Waals surface area contributed by atoms with Gasteiger partial charge in [0.05, 0.1) is 0 Å². The second-order valence-electron chi connectivity index (χ2n) is 0.885. The van der Waals surface area contributed by atoms with E-state index in [1.165, 1.54) is 7.05 Å². The highest BCUT2D eigenvalue weighted by atomic mass is 35.5. The van der Waals surface area contributed by atoms with Gasteiger partial charge >= 0.3 is 6.10 Å². The van der Waals surface area contributed by atoms with Gasteiger partial charge in [-0.25, -0.2) is 5.32 Å². The maximum Gasteiger partial charge on any atom is 0.342 e. The number of hydrogen-bond donors (Lipinski definition) is 4. The van der Waals surface area contributed by atoms with Crippen molar-refractivity contribution in [1.29, 1.82) is 0 Å². The zero-order chi connectivity index (χ0) is 5.21. The molecule has 6 heteroatoms. The number of hydrogen-bond acceptors (Lipinski definition) is 4. The minimum absolute atomic E-state index is 0. The molecule has 0 aliphatic heterocycles. The third kappa shape index (κ3) is 16.5. The topological polar surface area (TPSA) is 104 Å². The summed E-state index contributed by atoms with van der Waals surface area (Å²) in [6, 6.07) is 0. The van der Waals surface area contributed by atoms with Crippen molar-refractivity contribution < 1.29 is 20.8 Å². The second kappa shape index (κ2) is 5.23. The lowest BCUT2D eigenvalue weighted by Gasteiger charge is -2.09. The number of halogens is 1. The van der Waals surface area contributed by atoms with Gasteiger partial charge in [-0.1, -0.05) is 0 Å². The predicted octanol–water partition coefficient (Wildman–Crippen LogP) is -2.61. The number of aliphatic hydroxyl groups is 3. The van der Waals surface area contributed by atoms with Crippen LogP contribution in [0.5, 0.6) is 0 Å². The maximum atomic E-state index is 7.83. The fourth-order valence-corrected chi connectivity index (χ4v) is 0. The molecule has 5 nitrogen and oxygen atoms in total. The summed E-state index contributed by atoms with van der Waals surface area (Å²) in [4.78, 5) is 0. The van der Waals surface area contributed by atoms with Crippen LogP contribution in [0.2, 0.25) is 0 Å². The molecule has 0 aromatic rings. The first-order valence-electron chi connectivity index (χ1n) is 1.42. The van der Waals surface area contributed by atoms with E-state index < -0.39 is 6.10 Å². The van der Waals surface area contributed by atoms with E-state index in [4.69, 9.17) is 15.3 Å². The van der Waals surface area contributed by atoms with Gasteiger partial charge in [0.1, 0.15) is 0 Å². The van der Waals surface area contributed by atoms with Gasteiger partial charge in [-0.2, -0.15) is 0 Å². The zero-order valence-electron chi connectivity index (χ0n) is 4.25. The number of rotatable bonds is 1. The van der Waals surface area contributed by atoms with Gasteiger partial charge in [0.15, 0.2) is 0 Å². The summed E-state index contributed by atoms with van der Waals surface area (Å²) in [5, 5.41) is 25.3. The van der Waals surface area contributed by atoms with Crippen molar-refractivity contribution in [2.75, 3.05) is 7.05 Å². The van der Waals surface area contributed by atoms with Crippen LogP contribution in [0.25, 0.3) is 0 Å². The molecular formula is C2H10ClNO4. The van der Waals surface area contributed by atoms with Crippen molar-refractivity contribution in [3.63, 3.8) is 0 Å². The number of nitrogens with one attached hydrogen (secondary N) is 1. The van der Waals surface area contributed by atoms with E-state index in [9.17, 15) is 0 Å². The fraction of sp³-hybridized carbons (Fsp3) is 1.00. The average Bonchev–Trinajstić information content (AvgIpc) is 1.35. The van der Waals surface area contributed by atoms with E-state index in [0.717, 1.165) is 0 Å². The Morgan fingerprint density at radius 2 is 1.38 bits per heavy atom. The van der Waals surface area contributed by atoms with Gasteiger partial charge in [-0.05, 0) is 7.05 Å². The summed E-state index contributed by atoms with van der Waals surface area (Å²) in [7, 11) is 1.21. The smallest absolute Gasteiger partial charge is 0.342 e. The van der Waals surface area contributed by atoms with Gasteiger partial charge in [0, 0.05) is 0 Å². The Labute approximate surface area is 52.7 Å². The van der Waals surface area contributed by atoms with Crippen LogP contribution in [0.1, 0.15) is 0 Å². The normalized spacial score (nSPS) is 9.00. The van der Waals surface area contributed by atoms with Gasteiger partial charge in [-0.15, -0.1) is 12.4 Å². The standard InChI is InChI=1S/C2H7NO3.ClH.H2O/c1-3-2(4,5)6;;/h3-6H,1H3;1H;1H2. The molecule has 8 heavy (non-hydrogen) atoms.